The van der Waals surface area contributed by atoms with Gasteiger partial charge in [-0.1, -0.05) is 0 Å². The highest BCUT2D eigenvalue weighted by Crippen LogP contribution is 2.29. The van der Waals surface area contributed by atoms with E-state index < -0.39 is 0 Å². The lowest BCUT2D eigenvalue weighted by Gasteiger charge is -2.19. The maximum atomic E-state index is 13.0. The highest BCUT2D eigenvalue weighted by atomic mass is 19.1. The maximum absolute atomic E-state index is 13.0. The van der Waals surface area contributed by atoms with Crippen LogP contribution in [0.3, 0.4) is 0 Å². The topological polar surface area (TPSA) is 32.7 Å². The van der Waals surface area contributed by atoms with Crippen molar-refractivity contribution in [2.75, 3.05) is 19.6 Å². The molecule has 2 aliphatic rings. The van der Waals surface area contributed by atoms with Gasteiger partial charge in [0.25, 0.3) is 0 Å². The van der Waals surface area contributed by atoms with Crippen molar-refractivity contribution in [1.29, 1.82) is 0 Å². The van der Waals surface area contributed by atoms with Crippen molar-refractivity contribution >= 4 is 0 Å². The second-order valence-electron chi connectivity index (χ2n) is 4.90. The van der Waals surface area contributed by atoms with Gasteiger partial charge < -0.3 is 9.84 Å². The monoisotopic (exact) mass is 237 g/mol. The molecule has 1 saturated heterocycles. The lowest BCUT2D eigenvalue weighted by Crippen LogP contribution is -2.33. The van der Waals surface area contributed by atoms with E-state index in [1.165, 1.54) is 6.07 Å². The van der Waals surface area contributed by atoms with E-state index in [2.05, 4.69) is 4.90 Å². The summed E-state index contributed by atoms with van der Waals surface area (Å²) >= 11 is 0. The third kappa shape index (κ3) is 2.28. The quantitative estimate of drug-likeness (QED) is 0.839. The average molecular weight is 237 g/mol. The molecule has 1 aromatic carbocycles. The fourth-order valence-corrected chi connectivity index (χ4v) is 2.66. The van der Waals surface area contributed by atoms with Gasteiger partial charge in [0.1, 0.15) is 17.7 Å². The number of rotatable bonds is 2. The lowest BCUT2D eigenvalue weighted by atomic mass is 10.1. The van der Waals surface area contributed by atoms with Gasteiger partial charge >= 0.3 is 0 Å². The van der Waals surface area contributed by atoms with Gasteiger partial charge in [0.05, 0.1) is 6.10 Å². The van der Waals surface area contributed by atoms with Gasteiger partial charge in [0.2, 0.25) is 0 Å². The van der Waals surface area contributed by atoms with Gasteiger partial charge in [0.15, 0.2) is 0 Å². The molecular weight excluding hydrogens is 221 g/mol. The Balaban J connectivity index is 1.62. The molecule has 3 rings (SSSR count). The normalized spacial score (nSPS) is 28.1. The van der Waals surface area contributed by atoms with Crippen LogP contribution in [-0.4, -0.2) is 41.8 Å². The van der Waals surface area contributed by atoms with Crippen molar-refractivity contribution in [3.05, 3.63) is 29.6 Å². The fourth-order valence-electron chi connectivity index (χ4n) is 2.66. The van der Waals surface area contributed by atoms with Crippen LogP contribution < -0.4 is 4.74 Å². The van der Waals surface area contributed by atoms with Crippen molar-refractivity contribution in [1.82, 2.24) is 4.90 Å². The first-order valence-electron chi connectivity index (χ1n) is 6.06. The van der Waals surface area contributed by atoms with Crippen LogP contribution in [0.4, 0.5) is 4.39 Å². The van der Waals surface area contributed by atoms with Crippen molar-refractivity contribution < 1.29 is 14.2 Å². The first kappa shape index (κ1) is 11.0. The summed E-state index contributed by atoms with van der Waals surface area (Å²) in [6.07, 6.45) is 1.50. The molecule has 1 aromatic rings. The van der Waals surface area contributed by atoms with Crippen LogP contribution in [0.2, 0.25) is 0 Å². The second kappa shape index (κ2) is 4.27. The van der Waals surface area contributed by atoms with Crippen LogP contribution >= 0.6 is 0 Å². The van der Waals surface area contributed by atoms with Crippen molar-refractivity contribution in [2.45, 2.75) is 25.0 Å². The van der Waals surface area contributed by atoms with Crippen LogP contribution in [0.1, 0.15) is 12.0 Å². The molecule has 2 aliphatic heterocycles. The SMILES string of the molecule is O[C@@H]1CCN(CC2Cc3cc(F)ccc3O2)C1. The molecule has 2 atom stereocenters. The summed E-state index contributed by atoms with van der Waals surface area (Å²) in [5.41, 5.74) is 0.953. The molecule has 0 radical (unpaired) electrons. The van der Waals surface area contributed by atoms with Crippen molar-refractivity contribution in [2.24, 2.45) is 0 Å². The number of likely N-dealkylation sites (tertiary alicyclic amines) is 1. The van der Waals surface area contributed by atoms with Crippen LogP contribution in [-0.2, 0) is 6.42 Å². The Bertz CT molecular complexity index is 424. The number of halogens is 1. The maximum Gasteiger partial charge on any atom is 0.123 e. The summed E-state index contributed by atoms with van der Waals surface area (Å²) in [4.78, 5) is 2.21. The molecule has 1 N–H and O–H groups in total. The standard InChI is InChI=1S/C13H16FNO2/c14-10-1-2-13-9(5-10)6-12(17-13)8-15-4-3-11(16)7-15/h1-2,5,11-12,16H,3-4,6-8H2/t11-,12?/m1/s1. The molecule has 0 bridgehead atoms. The first-order chi connectivity index (χ1) is 8.20. The molecule has 0 spiro atoms. The largest absolute Gasteiger partial charge is 0.488 e. The van der Waals surface area contributed by atoms with Crippen molar-refractivity contribution in [3.8, 4) is 5.75 Å². The summed E-state index contributed by atoms with van der Waals surface area (Å²) in [6.45, 7) is 2.46. The van der Waals surface area contributed by atoms with E-state index in [9.17, 15) is 9.50 Å². The second-order valence-corrected chi connectivity index (χ2v) is 4.90. The number of benzene rings is 1. The Labute approximate surface area is 99.8 Å². The molecule has 4 heteroatoms. The lowest BCUT2D eigenvalue weighted by molar-refractivity contribution is 0.142. The molecule has 2 heterocycles. The smallest absolute Gasteiger partial charge is 0.123 e. The van der Waals surface area contributed by atoms with Crippen LogP contribution in [0.15, 0.2) is 18.2 Å². The summed E-state index contributed by atoms with van der Waals surface area (Å²) in [5, 5.41) is 9.45. The zero-order valence-corrected chi connectivity index (χ0v) is 9.60. The predicted molar refractivity (Wildman–Crippen MR) is 61.6 cm³/mol. The predicted octanol–water partition coefficient (Wildman–Crippen LogP) is 1.20. The highest BCUT2D eigenvalue weighted by molar-refractivity contribution is 5.37. The molecule has 0 aromatic heterocycles. The summed E-state index contributed by atoms with van der Waals surface area (Å²) < 4.78 is 18.8. The zero-order valence-electron chi connectivity index (χ0n) is 9.60. The minimum Gasteiger partial charge on any atom is -0.488 e. The van der Waals surface area contributed by atoms with Crippen LogP contribution in [0, 0.1) is 5.82 Å². The molecule has 1 fully saturated rings. The fraction of sp³-hybridized carbons (Fsp3) is 0.538. The molecule has 1 unspecified atom stereocenters. The number of ether oxygens (including phenoxy) is 1. The van der Waals surface area contributed by atoms with Gasteiger partial charge in [-0.05, 0) is 24.6 Å². The van der Waals surface area contributed by atoms with E-state index in [1.807, 2.05) is 0 Å². The van der Waals surface area contributed by atoms with E-state index in [0.29, 0.717) is 0 Å². The number of β-amino-alcohol motifs (C(OH)–C–C–N with tert-alkyl or cyclic N) is 1. The Hall–Kier alpha value is -1.13. The van der Waals surface area contributed by atoms with E-state index >= 15 is 0 Å². The third-order valence-electron chi connectivity index (χ3n) is 3.47. The van der Waals surface area contributed by atoms with E-state index in [-0.39, 0.29) is 18.0 Å². The van der Waals surface area contributed by atoms with E-state index in [0.717, 1.165) is 43.8 Å². The third-order valence-corrected chi connectivity index (χ3v) is 3.47. The van der Waals surface area contributed by atoms with Gasteiger partial charge in [-0.2, -0.15) is 0 Å². The number of hydrogen-bond donors (Lipinski definition) is 1. The van der Waals surface area contributed by atoms with Crippen LogP contribution in [0.25, 0.3) is 0 Å². The van der Waals surface area contributed by atoms with Gasteiger partial charge in [0, 0.05) is 31.6 Å². The number of hydrogen-bond acceptors (Lipinski definition) is 3. The molecule has 0 aliphatic carbocycles. The Morgan fingerprint density at radius 2 is 2.35 bits per heavy atom. The van der Waals surface area contributed by atoms with Gasteiger partial charge in [-0.25, -0.2) is 4.39 Å². The Morgan fingerprint density at radius 3 is 3.12 bits per heavy atom. The van der Waals surface area contributed by atoms with Gasteiger partial charge in [-0.15, -0.1) is 0 Å². The molecule has 0 saturated carbocycles. The molecule has 92 valence electrons. The van der Waals surface area contributed by atoms with E-state index in [1.54, 1.807) is 12.1 Å². The Kier molecular flexibility index (Phi) is 2.76. The molecule has 17 heavy (non-hydrogen) atoms. The summed E-state index contributed by atoms with van der Waals surface area (Å²) in [5.74, 6) is 0.598. The number of aliphatic hydroxyl groups is 1. The first-order valence-corrected chi connectivity index (χ1v) is 6.06. The number of fused-ring (bicyclic) bond motifs is 1. The van der Waals surface area contributed by atoms with Gasteiger partial charge in [-0.3, -0.25) is 4.90 Å². The van der Waals surface area contributed by atoms with Crippen LogP contribution in [0.5, 0.6) is 5.75 Å². The number of nitrogens with zero attached hydrogens (tertiary/aromatic N) is 1. The summed E-state index contributed by atoms with van der Waals surface area (Å²) in [7, 11) is 0. The van der Waals surface area contributed by atoms with E-state index in [4.69, 9.17) is 4.74 Å². The molecule has 3 nitrogen and oxygen atoms in total. The minimum atomic E-state index is -0.204. The zero-order chi connectivity index (χ0) is 11.8. The summed E-state index contributed by atoms with van der Waals surface area (Å²) in [6, 6.07) is 4.68. The molecule has 0 amide bonds. The number of aliphatic hydroxyl groups excluding tert-OH is 1. The Morgan fingerprint density at radius 1 is 1.47 bits per heavy atom. The highest BCUT2D eigenvalue weighted by Gasteiger charge is 2.28. The van der Waals surface area contributed by atoms with Crippen molar-refractivity contribution in [3.63, 3.8) is 0 Å². The minimum absolute atomic E-state index is 0.0945. The average Bonchev–Trinajstić information content (AvgIpc) is 2.84. The molecular formula is C13H16FNO2.